The number of benzene rings is 1. The van der Waals surface area contributed by atoms with Crippen LogP contribution in [0.25, 0.3) is 0 Å². The van der Waals surface area contributed by atoms with Crippen LogP contribution >= 0.6 is 0 Å². The van der Waals surface area contributed by atoms with Crippen LogP contribution in [0.1, 0.15) is 5.56 Å². The van der Waals surface area contributed by atoms with Gasteiger partial charge in [0, 0.05) is 0 Å². The summed E-state index contributed by atoms with van der Waals surface area (Å²) in [4.78, 5) is 34.4. The molecule has 2 rings (SSSR count). The second-order valence-corrected chi connectivity index (χ2v) is 3.79. The lowest BCUT2D eigenvalue weighted by Crippen LogP contribution is -2.28. The Kier molecular flexibility index (Phi) is 4.38. The predicted octanol–water partition coefficient (Wildman–Crippen LogP) is 2.35. The number of carbonyl (C=O) groups excluding carboxylic acids is 3. The number of amides is 4. The van der Waals surface area contributed by atoms with E-state index in [9.17, 15) is 14.4 Å². The average Bonchev–Trinajstić information content (AvgIpc) is 2.90. The van der Waals surface area contributed by atoms with Gasteiger partial charge in [0.1, 0.15) is 13.2 Å². The van der Waals surface area contributed by atoms with Gasteiger partial charge in [-0.25, -0.2) is 19.3 Å². The van der Waals surface area contributed by atoms with E-state index >= 15 is 0 Å². The van der Waals surface area contributed by atoms with Crippen LogP contribution in [0, 0.1) is 0 Å². The number of hydrogen-bond donors (Lipinski definition) is 0. The minimum absolute atomic E-state index is 0.0264. The van der Waals surface area contributed by atoms with Gasteiger partial charge < -0.3 is 9.47 Å². The van der Waals surface area contributed by atoms with Crippen LogP contribution in [0.3, 0.4) is 0 Å². The third-order valence-corrected chi connectivity index (χ3v) is 2.41. The van der Waals surface area contributed by atoms with E-state index in [-0.39, 0.29) is 19.8 Å². The van der Waals surface area contributed by atoms with Crippen molar-refractivity contribution in [2.75, 3.05) is 13.2 Å². The molecule has 20 heavy (non-hydrogen) atoms. The summed E-state index contributed by atoms with van der Waals surface area (Å²) in [7, 11) is 0. The molecule has 0 radical (unpaired) electrons. The second kappa shape index (κ2) is 6.41. The molecule has 4 amide bonds. The Bertz CT molecular complexity index is 543. The number of carbonyl (C=O) groups is 3. The van der Waals surface area contributed by atoms with E-state index in [0.717, 1.165) is 10.5 Å². The molecule has 0 aliphatic carbocycles. The Balaban J connectivity index is 1.80. The lowest BCUT2D eigenvalue weighted by molar-refractivity contribution is 0.147. The molecule has 0 atom stereocenters. The number of rotatable bonds is 2. The van der Waals surface area contributed by atoms with Crippen molar-refractivity contribution in [3.05, 3.63) is 35.9 Å². The molecule has 0 N–H and O–H groups in total. The fourth-order valence-electron chi connectivity index (χ4n) is 1.45. The van der Waals surface area contributed by atoms with Gasteiger partial charge in [0.25, 0.3) is 0 Å². The summed E-state index contributed by atoms with van der Waals surface area (Å²) in [5, 5.41) is 6.19. The molecule has 8 nitrogen and oxygen atoms in total. The van der Waals surface area contributed by atoms with Crippen LogP contribution in [0.15, 0.2) is 40.6 Å². The third-order valence-electron chi connectivity index (χ3n) is 2.41. The molecule has 1 heterocycles. The van der Waals surface area contributed by atoms with Crippen molar-refractivity contribution in [3.8, 4) is 0 Å². The zero-order valence-electron chi connectivity index (χ0n) is 10.4. The maximum Gasteiger partial charge on any atom is 0.452 e. The van der Waals surface area contributed by atoms with E-state index in [1.807, 2.05) is 6.07 Å². The smallest absolute Gasteiger partial charge is 0.447 e. The Hall–Kier alpha value is -2.77. The molecule has 0 bridgehead atoms. The lowest BCUT2D eigenvalue weighted by Gasteiger charge is -2.04. The van der Waals surface area contributed by atoms with E-state index in [4.69, 9.17) is 4.74 Å². The molecule has 0 unspecified atom stereocenters. The first-order valence-corrected chi connectivity index (χ1v) is 5.77. The van der Waals surface area contributed by atoms with Gasteiger partial charge in [0.15, 0.2) is 0 Å². The molecular formula is C12H11N3O5. The fourth-order valence-corrected chi connectivity index (χ4v) is 1.45. The number of ether oxygens (including phenoxy) is 2. The number of hydrogen-bond acceptors (Lipinski definition) is 5. The van der Waals surface area contributed by atoms with Gasteiger partial charge in [-0.15, -0.1) is 0 Å². The van der Waals surface area contributed by atoms with Crippen LogP contribution in [0.4, 0.5) is 14.4 Å². The van der Waals surface area contributed by atoms with Crippen LogP contribution < -0.4 is 0 Å². The summed E-state index contributed by atoms with van der Waals surface area (Å²) >= 11 is 0. The minimum Gasteiger partial charge on any atom is -0.447 e. The van der Waals surface area contributed by atoms with Crippen molar-refractivity contribution in [1.29, 1.82) is 0 Å². The number of cyclic esters (lactones) is 1. The number of imide groups is 1. The molecule has 8 heteroatoms. The Labute approximate surface area is 114 Å². The highest BCUT2D eigenvalue weighted by atomic mass is 16.6. The lowest BCUT2D eigenvalue weighted by atomic mass is 10.2. The highest BCUT2D eigenvalue weighted by Crippen LogP contribution is 2.06. The fraction of sp³-hybridized carbons (Fsp3) is 0.250. The zero-order valence-corrected chi connectivity index (χ0v) is 10.4. The molecule has 0 saturated carbocycles. The number of nitrogens with zero attached hydrogens (tertiary/aromatic N) is 3. The van der Waals surface area contributed by atoms with Gasteiger partial charge >= 0.3 is 18.2 Å². The van der Waals surface area contributed by atoms with Crippen LogP contribution in [0.5, 0.6) is 0 Å². The van der Waals surface area contributed by atoms with Crippen molar-refractivity contribution in [1.82, 2.24) is 4.90 Å². The molecule has 0 spiro atoms. The first kappa shape index (κ1) is 13.7. The van der Waals surface area contributed by atoms with Crippen LogP contribution in [-0.2, 0) is 16.1 Å². The predicted molar refractivity (Wildman–Crippen MR) is 64.9 cm³/mol. The van der Waals surface area contributed by atoms with E-state index in [2.05, 4.69) is 15.0 Å². The molecule has 1 aromatic rings. The Morgan fingerprint density at radius 3 is 2.65 bits per heavy atom. The standard InChI is InChI=1S/C12H11N3O5/c16-10(15-6-7-19-12(15)18)13-14-11(17)20-8-9-4-2-1-3-5-9/h1-5H,6-8H2/b14-13+. The van der Waals surface area contributed by atoms with Gasteiger partial charge in [-0.3, -0.25) is 0 Å². The zero-order chi connectivity index (χ0) is 14.4. The SMILES string of the molecule is O=C(/N=N/C(=O)N1CCOC1=O)OCc1ccccc1. The summed E-state index contributed by atoms with van der Waals surface area (Å²) < 4.78 is 9.33. The van der Waals surface area contributed by atoms with Crippen molar-refractivity contribution in [2.45, 2.75) is 6.61 Å². The van der Waals surface area contributed by atoms with E-state index in [1.54, 1.807) is 24.3 Å². The highest BCUT2D eigenvalue weighted by molar-refractivity contribution is 5.92. The maximum absolute atomic E-state index is 11.4. The van der Waals surface area contributed by atoms with E-state index < -0.39 is 18.2 Å². The quantitative estimate of drug-likeness (QED) is 0.773. The molecule has 1 aromatic carbocycles. The van der Waals surface area contributed by atoms with Crippen LogP contribution in [0.2, 0.25) is 0 Å². The van der Waals surface area contributed by atoms with Crippen molar-refractivity contribution in [3.63, 3.8) is 0 Å². The van der Waals surface area contributed by atoms with Crippen LogP contribution in [-0.4, -0.2) is 36.3 Å². The molecule has 0 aromatic heterocycles. The van der Waals surface area contributed by atoms with Crippen molar-refractivity contribution < 1.29 is 23.9 Å². The molecule has 1 aliphatic rings. The topological polar surface area (TPSA) is 97.6 Å². The van der Waals surface area contributed by atoms with Crippen molar-refractivity contribution in [2.24, 2.45) is 10.2 Å². The number of urea groups is 1. The highest BCUT2D eigenvalue weighted by Gasteiger charge is 2.28. The first-order chi connectivity index (χ1) is 9.66. The molecule has 104 valence electrons. The summed E-state index contributed by atoms with van der Waals surface area (Å²) in [5.74, 6) is 0. The summed E-state index contributed by atoms with van der Waals surface area (Å²) in [6, 6.07) is 8.02. The average molecular weight is 277 g/mol. The van der Waals surface area contributed by atoms with Gasteiger partial charge in [0.05, 0.1) is 6.54 Å². The first-order valence-electron chi connectivity index (χ1n) is 5.77. The van der Waals surface area contributed by atoms with Gasteiger partial charge in [-0.05, 0) is 5.56 Å². The largest absolute Gasteiger partial charge is 0.452 e. The third kappa shape index (κ3) is 3.61. The second-order valence-electron chi connectivity index (χ2n) is 3.79. The Morgan fingerprint density at radius 1 is 1.25 bits per heavy atom. The Morgan fingerprint density at radius 2 is 2.00 bits per heavy atom. The molecular weight excluding hydrogens is 266 g/mol. The molecule has 1 fully saturated rings. The van der Waals surface area contributed by atoms with Gasteiger partial charge in [0.2, 0.25) is 0 Å². The van der Waals surface area contributed by atoms with Crippen molar-refractivity contribution >= 4 is 18.2 Å². The number of azo groups is 1. The van der Waals surface area contributed by atoms with Gasteiger partial charge in [-0.1, -0.05) is 40.6 Å². The maximum atomic E-state index is 11.4. The van der Waals surface area contributed by atoms with E-state index in [0.29, 0.717) is 0 Å². The summed E-state index contributed by atoms with van der Waals surface area (Å²) in [6.07, 6.45) is -1.80. The normalized spacial score (nSPS) is 14.4. The monoisotopic (exact) mass is 277 g/mol. The summed E-state index contributed by atoms with van der Waals surface area (Å²) in [6.45, 7) is 0.229. The summed E-state index contributed by atoms with van der Waals surface area (Å²) in [5.41, 5.74) is 0.783. The van der Waals surface area contributed by atoms with Gasteiger partial charge in [-0.2, -0.15) is 0 Å². The minimum atomic E-state index is -1.00. The van der Waals surface area contributed by atoms with E-state index in [1.165, 1.54) is 0 Å². The molecule has 1 aliphatic heterocycles. The molecule has 1 saturated heterocycles.